The molecular weight excluding hydrogens is 345 g/mol. The molecule has 0 saturated carbocycles. The molecule has 2 N–H and O–H groups in total. The Morgan fingerprint density at radius 2 is 1.67 bits per heavy atom. The standard InChI is InChI=1S/C18H19Cl2N3O/c1-12-3-2-4-14(9-12)22-5-7-23(8-6-22)18(24)13-10-15(19)17(21)16(20)11-13/h2-4,9-11H,5-8,21H2,1H3. The lowest BCUT2D eigenvalue weighted by atomic mass is 10.1. The average Bonchev–Trinajstić information content (AvgIpc) is 2.59. The fourth-order valence-corrected chi connectivity index (χ4v) is 3.37. The summed E-state index contributed by atoms with van der Waals surface area (Å²) in [6, 6.07) is 11.6. The molecule has 0 aliphatic carbocycles. The Kier molecular flexibility index (Phi) is 4.88. The van der Waals surface area contributed by atoms with Crippen LogP contribution in [0.1, 0.15) is 15.9 Å². The van der Waals surface area contributed by atoms with Crippen LogP contribution in [0.15, 0.2) is 36.4 Å². The Balaban J connectivity index is 1.69. The first-order valence-corrected chi connectivity index (χ1v) is 8.56. The predicted molar refractivity (Wildman–Crippen MR) is 100 cm³/mol. The van der Waals surface area contributed by atoms with Crippen LogP contribution in [-0.4, -0.2) is 37.0 Å². The number of carbonyl (C=O) groups excluding carboxylic acids is 1. The molecule has 1 fully saturated rings. The van der Waals surface area contributed by atoms with Crippen LogP contribution in [0, 0.1) is 6.92 Å². The number of carbonyl (C=O) groups is 1. The number of rotatable bonds is 2. The Bertz CT molecular complexity index is 748. The van der Waals surface area contributed by atoms with E-state index in [2.05, 4.69) is 36.1 Å². The molecular formula is C18H19Cl2N3O. The van der Waals surface area contributed by atoms with Gasteiger partial charge in [0.25, 0.3) is 5.91 Å². The lowest BCUT2D eigenvalue weighted by molar-refractivity contribution is 0.0747. The summed E-state index contributed by atoms with van der Waals surface area (Å²) >= 11 is 12.1. The summed E-state index contributed by atoms with van der Waals surface area (Å²) in [6.45, 7) is 4.99. The van der Waals surface area contributed by atoms with Crippen LogP contribution >= 0.6 is 23.2 Å². The maximum absolute atomic E-state index is 12.7. The summed E-state index contributed by atoms with van der Waals surface area (Å²) in [5.41, 5.74) is 8.94. The molecule has 1 amide bonds. The Hall–Kier alpha value is -1.91. The molecule has 126 valence electrons. The minimum absolute atomic E-state index is 0.0670. The van der Waals surface area contributed by atoms with Crippen LogP contribution in [0.4, 0.5) is 11.4 Å². The van der Waals surface area contributed by atoms with E-state index in [4.69, 9.17) is 28.9 Å². The average molecular weight is 364 g/mol. The van der Waals surface area contributed by atoms with E-state index in [0.29, 0.717) is 34.4 Å². The van der Waals surface area contributed by atoms with Crippen molar-refractivity contribution in [1.82, 2.24) is 4.90 Å². The van der Waals surface area contributed by atoms with Gasteiger partial charge in [-0.05, 0) is 36.8 Å². The molecule has 0 aromatic heterocycles. The maximum atomic E-state index is 12.7. The van der Waals surface area contributed by atoms with Gasteiger partial charge in [0.1, 0.15) is 0 Å². The highest BCUT2D eigenvalue weighted by Gasteiger charge is 2.23. The fraction of sp³-hybridized carbons (Fsp3) is 0.278. The van der Waals surface area contributed by atoms with Crippen molar-refractivity contribution >= 4 is 40.5 Å². The molecule has 0 atom stereocenters. The third kappa shape index (κ3) is 3.45. The first kappa shape index (κ1) is 16.9. The molecule has 2 aromatic carbocycles. The van der Waals surface area contributed by atoms with Gasteiger partial charge in [0, 0.05) is 37.4 Å². The van der Waals surface area contributed by atoms with E-state index in [9.17, 15) is 4.79 Å². The quantitative estimate of drug-likeness (QED) is 0.824. The summed E-state index contributed by atoms with van der Waals surface area (Å²) in [6.07, 6.45) is 0. The molecule has 2 aromatic rings. The Morgan fingerprint density at radius 3 is 2.25 bits per heavy atom. The molecule has 6 heteroatoms. The van der Waals surface area contributed by atoms with Gasteiger partial charge >= 0.3 is 0 Å². The van der Waals surface area contributed by atoms with Crippen molar-refractivity contribution < 1.29 is 4.79 Å². The van der Waals surface area contributed by atoms with Gasteiger partial charge < -0.3 is 15.5 Å². The van der Waals surface area contributed by atoms with Gasteiger partial charge in [-0.15, -0.1) is 0 Å². The van der Waals surface area contributed by atoms with Crippen LogP contribution in [0.2, 0.25) is 10.0 Å². The highest BCUT2D eigenvalue weighted by Crippen LogP contribution is 2.29. The van der Waals surface area contributed by atoms with Gasteiger partial charge in [-0.3, -0.25) is 4.79 Å². The number of halogens is 2. The van der Waals surface area contributed by atoms with Gasteiger partial charge in [0.2, 0.25) is 0 Å². The third-order valence-corrected chi connectivity index (χ3v) is 4.89. The van der Waals surface area contributed by atoms with E-state index in [1.54, 1.807) is 12.1 Å². The van der Waals surface area contributed by atoms with E-state index in [1.807, 2.05) is 4.90 Å². The fourth-order valence-electron chi connectivity index (χ4n) is 2.88. The van der Waals surface area contributed by atoms with Crippen LogP contribution in [0.3, 0.4) is 0 Å². The van der Waals surface area contributed by atoms with Crippen molar-refractivity contribution in [2.24, 2.45) is 0 Å². The topological polar surface area (TPSA) is 49.6 Å². The number of anilines is 2. The van der Waals surface area contributed by atoms with Crippen molar-refractivity contribution in [3.8, 4) is 0 Å². The van der Waals surface area contributed by atoms with Crippen LogP contribution in [-0.2, 0) is 0 Å². The van der Waals surface area contributed by atoms with Gasteiger partial charge in [-0.2, -0.15) is 0 Å². The number of amides is 1. The zero-order valence-corrected chi connectivity index (χ0v) is 14.9. The molecule has 1 aliphatic rings. The number of nitrogens with zero attached hydrogens (tertiary/aromatic N) is 2. The molecule has 1 heterocycles. The maximum Gasteiger partial charge on any atom is 0.254 e. The molecule has 0 bridgehead atoms. The zero-order chi connectivity index (χ0) is 17.3. The van der Waals surface area contributed by atoms with Gasteiger partial charge in [0.15, 0.2) is 0 Å². The van der Waals surface area contributed by atoms with E-state index in [-0.39, 0.29) is 5.91 Å². The molecule has 1 aliphatic heterocycles. The highest BCUT2D eigenvalue weighted by molar-refractivity contribution is 6.39. The summed E-state index contributed by atoms with van der Waals surface area (Å²) in [5, 5.41) is 0.619. The van der Waals surface area contributed by atoms with Crippen LogP contribution in [0.5, 0.6) is 0 Å². The first-order chi connectivity index (χ1) is 11.5. The number of benzene rings is 2. The highest BCUT2D eigenvalue weighted by atomic mass is 35.5. The second kappa shape index (κ2) is 6.91. The van der Waals surface area contributed by atoms with E-state index < -0.39 is 0 Å². The molecule has 0 spiro atoms. The monoisotopic (exact) mass is 363 g/mol. The number of nitrogen functional groups attached to an aromatic ring is 1. The van der Waals surface area contributed by atoms with Gasteiger partial charge in [-0.1, -0.05) is 35.3 Å². The van der Waals surface area contributed by atoms with Crippen molar-refractivity contribution in [1.29, 1.82) is 0 Å². The second-order valence-corrected chi connectivity index (χ2v) is 6.79. The number of aryl methyl sites for hydroxylation is 1. The number of hydrogen-bond donors (Lipinski definition) is 1. The SMILES string of the molecule is Cc1cccc(N2CCN(C(=O)c3cc(Cl)c(N)c(Cl)c3)CC2)c1. The van der Waals surface area contributed by atoms with Crippen molar-refractivity contribution in [2.45, 2.75) is 6.92 Å². The summed E-state index contributed by atoms with van der Waals surface area (Å²) < 4.78 is 0. The number of hydrogen-bond acceptors (Lipinski definition) is 3. The molecule has 0 radical (unpaired) electrons. The number of nitrogens with two attached hydrogens (primary N) is 1. The van der Waals surface area contributed by atoms with Crippen LogP contribution < -0.4 is 10.6 Å². The van der Waals surface area contributed by atoms with Crippen molar-refractivity contribution in [3.63, 3.8) is 0 Å². The third-order valence-electron chi connectivity index (χ3n) is 4.26. The van der Waals surface area contributed by atoms with Crippen LogP contribution in [0.25, 0.3) is 0 Å². The summed E-state index contributed by atoms with van der Waals surface area (Å²) in [7, 11) is 0. The molecule has 1 saturated heterocycles. The molecule has 24 heavy (non-hydrogen) atoms. The number of piperazine rings is 1. The van der Waals surface area contributed by atoms with Gasteiger partial charge in [-0.25, -0.2) is 0 Å². The molecule has 4 nitrogen and oxygen atoms in total. The summed E-state index contributed by atoms with van der Waals surface area (Å²) in [5.74, 6) is -0.0670. The smallest absolute Gasteiger partial charge is 0.254 e. The zero-order valence-electron chi connectivity index (χ0n) is 13.4. The largest absolute Gasteiger partial charge is 0.396 e. The van der Waals surface area contributed by atoms with E-state index in [0.717, 1.165) is 13.1 Å². The molecule has 3 rings (SSSR count). The minimum atomic E-state index is -0.0670. The predicted octanol–water partition coefficient (Wildman–Crippen LogP) is 3.85. The second-order valence-electron chi connectivity index (χ2n) is 5.97. The van der Waals surface area contributed by atoms with E-state index in [1.165, 1.54) is 11.3 Å². The molecule has 0 unspecified atom stereocenters. The van der Waals surface area contributed by atoms with Gasteiger partial charge in [0.05, 0.1) is 15.7 Å². The van der Waals surface area contributed by atoms with E-state index >= 15 is 0 Å². The Labute approximate surface area is 151 Å². The van der Waals surface area contributed by atoms with Crippen molar-refractivity contribution in [2.75, 3.05) is 36.8 Å². The Morgan fingerprint density at radius 1 is 1.04 bits per heavy atom. The lowest BCUT2D eigenvalue weighted by Gasteiger charge is -2.36. The summed E-state index contributed by atoms with van der Waals surface area (Å²) in [4.78, 5) is 16.8. The van der Waals surface area contributed by atoms with Crippen molar-refractivity contribution in [3.05, 3.63) is 57.6 Å². The lowest BCUT2D eigenvalue weighted by Crippen LogP contribution is -2.48. The minimum Gasteiger partial charge on any atom is -0.396 e. The normalized spacial score (nSPS) is 14.8. The first-order valence-electron chi connectivity index (χ1n) is 7.81.